The van der Waals surface area contributed by atoms with Crippen molar-refractivity contribution in [2.75, 3.05) is 13.6 Å². The summed E-state index contributed by atoms with van der Waals surface area (Å²) in [7, 11) is 1.96. The number of hydrogen-bond acceptors (Lipinski definition) is 2. The predicted molar refractivity (Wildman–Crippen MR) is 83.6 cm³/mol. The third kappa shape index (κ3) is 2.90. The normalized spacial score (nSPS) is 11.0. The summed E-state index contributed by atoms with van der Waals surface area (Å²) in [6.07, 6.45) is 0.939. The van der Waals surface area contributed by atoms with Crippen molar-refractivity contribution in [3.05, 3.63) is 39.0 Å². The van der Waals surface area contributed by atoms with Gasteiger partial charge in [0.25, 0.3) is 0 Å². The smallest absolute Gasteiger partial charge is 0.107 e. The Morgan fingerprint density at radius 3 is 2.42 bits per heavy atom. The van der Waals surface area contributed by atoms with E-state index >= 15 is 0 Å². The van der Waals surface area contributed by atoms with Gasteiger partial charge in [-0.25, -0.2) is 0 Å². The topological polar surface area (TPSA) is 40.7 Å². The zero-order valence-electron chi connectivity index (χ0n) is 11.9. The van der Waals surface area contributed by atoms with Gasteiger partial charge in [-0.1, -0.05) is 17.7 Å². The van der Waals surface area contributed by atoms with Crippen molar-refractivity contribution in [2.45, 2.75) is 27.2 Å². The van der Waals surface area contributed by atoms with Crippen LogP contribution in [0.5, 0.6) is 0 Å². The highest BCUT2D eigenvalue weighted by atomic mass is 79.9. The molecule has 1 heterocycles. The van der Waals surface area contributed by atoms with E-state index in [0.29, 0.717) is 0 Å². The summed E-state index contributed by atoms with van der Waals surface area (Å²) in [6, 6.07) is 4.41. The number of halogens is 1. The number of rotatable bonds is 4. The molecule has 0 aliphatic carbocycles. The van der Waals surface area contributed by atoms with Gasteiger partial charge in [0.05, 0.1) is 10.2 Å². The van der Waals surface area contributed by atoms with Crippen molar-refractivity contribution in [1.82, 2.24) is 15.5 Å². The van der Waals surface area contributed by atoms with Crippen LogP contribution in [0.2, 0.25) is 0 Å². The van der Waals surface area contributed by atoms with Crippen molar-refractivity contribution in [1.29, 1.82) is 0 Å². The summed E-state index contributed by atoms with van der Waals surface area (Å²) in [5.41, 5.74) is 7.21. The number of likely N-dealkylation sites (N-methyl/N-ethyl adjacent to an activating group) is 1. The van der Waals surface area contributed by atoms with Crippen LogP contribution < -0.4 is 5.32 Å². The first-order valence-corrected chi connectivity index (χ1v) is 7.29. The molecular weight excluding hydrogens is 302 g/mol. The molecule has 0 aliphatic rings. The van der Waals surface area contributed by atoms with Crippen molar-refractivity contribution in [3.8, 4) is 11.3 Å². The largest absolute Gasteiger partial charge is 0.319 e. The van der Waals surface area contributed by atoms with E-state index in [0.717, 1.165) is 28.8 Å². The lowest BCUT2D eigenvalue weighted by molar-refractivity contribution is 0.770. The molecule has 0 aliphatic heterocycles. The van der Waals surface area contributed by atoms with Gasteiger partial charge in [0.1, 0.15) is 5.69 Å². The van der Waals surface area contributed by atoms with Gasteiger partial charge in [-0.3, -0.25) is 5.10 Å². The van der Waals surface area contributed by atoms with E-state index in [2.05, 4.69) is 64.3 Å². The van der Waals surface area contributed by atoms with Crippen LogP contribution in [0.1, 0.15) is 22.4 Å². The quantitative estimate of drug-likeness (QED) is 0.904. The van der Waals surface area contributed by atoms with Gasteiger partial charge >= 0.3 is 0 Å². The number of H-pyrrole nitrogens is 1. The molecule has 0 spiro atoms. The van der Waals surface area contributed by atoms with Crippen LogP contribution in [0.25, 0.3) is 11.3 Å². The molecule has 0 amide bonds. The molecule has 1 aromatic carbocycles. The van der Waals surface area contributed by atoms with E-state index in [9.17, 15) is 0 Å². The molecule has 0 saturated carbocycles. The fourth-order valence-electron chi connectivity index (χ4n) is 2.50. The van der Waals surface area contributed by atoms with Crippen LogP contribution in [0.3, 0.4) is 0 Å². The Labute approximate surface area is 122 Å². The van der Waals surface area contributed by atoms with Gasteiger partial charge < -0.3 is 5.32 Å². The Morgan fingerprint density at radius 2 is 1.84 bits per heavy atom. The van der Waals surface area contributed by atoms with Crippen LogP contribution in [0, 0.1) is 20.8 Å². The average Bonchev–Trinajstić information content (AvgIpc) is 2.68. The van der Waals surface area contributed by atoms with E-state index in [-0.39, 0.29) is 0 Å². The number of aryl methyl sites for hydroxylation is 3. The van der Waals surface area contributed by atoms with Crippen LogP contribution in [0.15, 0.2) is 16.6 Å². The number of hydrogen-bond donors (Lipinski definition) is 2. The SMILES string of the molecule is CNCCc1[nH]nc(-c2c(C)cc(C)cc2C)c1Br. The lowest BCUT2D eigenvalue weighted by Gasteiger charge is -2.09. The lowest BCUT2D eigenvalue weighted by Crippen LogP contribution is -2.10. The number of benzene rings is 1. The minimum Gasteiger partial charge on any atom is -0.319 e. The Kier molecular flexibility index (Phi) is 4.42. The fraction of sp³-hybridized carbons (Fsp3) is 0.400. The lowest BCUT2D eigenvalue weighted by atomic mass is 9.97. The molecule has 0 atom stereocenters. The van der Waals surface area contributed by atoms with Crippen LogP contribution in [-0.2, 0) is 6.42 Å². The number of nitrogens with one attached hydrogen (secondary N) is 2. The van der Waals surface area contributed by atoms with E-state index < -0.39 is 0 Å². The second-order valence-electron chi connectivity index (χ2n) is 4.99. The van der Waals surface area contributed by atoms with Crippen LogP contribution in [0.4, 0.5) is 0 Å². The minimum atomic E-state index is 0.937. The molecule has 19 heavy (non-hydrogen) atoms. The molecule has 0 bridgehead atoms. The molecule has 2 rings (SSSR count). The van der Waals surface area contributed by atoms with Gasteiger partial charge in [0.2, 0.25) is 0 Å². The zero-order valence-corrected chi connectivity index (χ0v) is 13.5. The molecule has 0 radical (unpaired) electrons. The Morgan fingerprint density at radius 1 is 1.21 bits per heavy atom. The Bertz CT molecular complexity index is 564. The highest BCUT2D eigenvalue weighted by Crippen LogP contribution is 2.34. The molecule has 102 valence electrons. The number of nitrogens with zero attached hydrogens (tertiary/aromatic N) is 1. The van der Waals surface area contributed by atoms with Crippen molar-refractivity contribution in [2.24, 2.45) is 0 Å². The monoisotopic (exact) mass is 321 g/mol. The fourth-order valence-corrected chi connectivity index (χ4v) is 3.07. The molecular formula is C15H20BrN3. The van der Waals surface area contributed by atoms with Crippen molar-refractivity contribution >= 4 is 15.9 Å². The van der Waals surface area contributed by atoms with E-state index in [1.165, 1.54) is 22.3 Å². The molecule has 2 N–H and O–H groups in total. The average molecular weight is 322 g/mol. The summed E-state index contributed by atoms with van der Waals surface area (Å²) in [4.78, 5) is 0. The van der Waals surface area contributed by atoms with Gasteiger partial charge in [-0.05, 0) is 54.9 Å². The first-order valence-electron chi connectivity index (χ1n) is 6.50. The van der Waals surface area contributed by atoms with Crippen LogP contribution >= 0.6 is 15.9 Å². The third-order valence-electron chi connectivity index (χ3n) is 3.31. The maximum Gasteiger partial charge on any atom is 0.107 e. The Balaban J connectivity index is 2.45. The first kappa shape index (κ1) is 14.3. The van der Waals surface area contributed by atoms with Crippen LogP contribution in [-0.4, -0.2) is 23.8 Å². The maximum atomic E-state index is 4.49. The summed E-state index contributed by atoms with van der Waals surface area (Å²) < 4.78 is 1.08. The molecule has 0 saturated heterocycles. The molecule has 1 aromatic heterocycles. The van der Waals surface area contributed by atoms with E-state index in [4.69, 9.17) is 0 Å². The Hall–Kier alpha value is -1.13. The standard InChI is InChI=1S/C15H20BrN3/c1-9-7-10(2)13(11(3)8-9)15-14(16)12(18-19-15)5-6-17-4/h7-8,17H,5-6H2,1-4H3,(H,18,19). The summed E-state index contributed by atoms with van der Waals surface area (Å²) in [6.45, 7) is 7.35. The molecule has 3 nitrogen and oxygen atoms in total. The first-order chi connectivity index (χ1) is 9.04. The van der Waals surface area contributed by atoms with E-state index in [1.807, 2.05) is 7.05 Å². The van der Waals surface area contributed by atoms with Crippen molar-refractivity contribution in [3.63, 3.8) is 0 Å². The molecule has 4 heteroatoms. The highest BCUT2D eigenvalue weighted by molar-refractivity contribution is 9.10. The second kappa shape index (κ2) is 5.88. The highest BCUT2D eigenvalue weighted by Gasteiger charge is 2.16. The second-order valence-corrected chi connectivity index (χ2v) is 5.79. The summed E-state index contributed by atoms with van der Waals surface area (Å²) in [5.74, 6) is 0. The number of aromatic amines is 1. The predicted octanol–water partition coefficient (Wildman–Crippen LogP) is 3.53. The molecule has 0 fully saturated rings. The summed E-state index contributed by atoms with van der Waals surface area (Å²) in [5, 5.41) is 10.8. The zero-order chi connectivity index (χ0) is 14.0. The number of aromatic nitrogens is 2. The summed E-state index contributed by atoms with van der Waals surface area (Å²) >= 11 is 3.68. The van der Waals surface area contributed by atoms with E-state index in [1.54, 1.807) is 0 Å². The van der Waals surface area contributed by atoms with Gasteiger partial charge in [-0.2, -0.15) is 5.10 Å². The van der Waals surface area contributed by atoms with Crippen molar-refractivity contribution < 1.29 is 0 Å². The van der Waals surface area contributed by atoms with Gasteiger partial charge in [-0.15, -0.1) is 0 Å². The molecule has 2 aromatic rings. The minimum absolute atomic E-state index is 0.937. The molecule has 0 unspecified atom stereocenters. The van der Waals surface area contributed by atoms with Gasteiger partial charge in [0.15, 0.2) is 0 Å². The maximum absolute atomic E-state index is 4.49. The van der Waals surface area contributed by atoms with Gasteiger partial charge in [0, 0.05) is 18.5 Å². The third-order valence-corrected chi connectivity index (χ3v) is 4.17.